The van der Waals surface area contributed by atoms with Gasteiger partial charge < -0.3 is 9.47 Å². The lowest BCUT2D eigenvalue weighted by atomic mass is 10.0. The summed E-state index contributed by atoms with van der Waals surface area (Å²) in [6.07, 6.45) is 1.91. The van der Waals surface area contributed by atoms with E-state index in [-0.39, 0.29) is 0 Å². The van der Waals surface area contributed by atoms with Crippen LogP contribution in [0.3, 0.4) is 0 Å². The van der Waals surface area contributed by atoms with Gasteiger partial charge in [0, 0.05) is 29.4 Å². The van der Waals surface area contributed by atoms with Gasteiger partial charge in [-0.15, -0.1) is 0 Å². The van der Waals surface area contributed by atoms with Crippen LogP contribution in [0.2, 0.25) is 0 Å². The first-order valence-corrected chi connectivity index (χ1v) is 6.47. The summed E-state index contributed by atoms with van der Waals surface area (Å²) in [5.74, 6) is 1.41. The molecule has 2 rings (SSSR count). The summed E-state index contributed by atoms with van der Waals surface area (Å²) in [6, 6.07) is 3.91. The van der Waals surface area contributed by atoms with E-state index < -0.39 is 0 Å². The molecule has 3 nitrogen and oxygen atoms in total. The van der Waals surface area contributed by atoms with Gasteiger partial charge in [-0.05, 0) is 30.5 Å². The average Bonchev–Trinajstić information content (AvgIpc) is 2.54. The summed E-state index contributed by atoms with van der Waals surface area (Å²) >= 11 is 12.1. The number of fused-ring (bicyclic) bond motifs is 1. The second-order valence-corrected chi connectivity index (χ2v) is 4.67. The minimum atomic E-state index is 0.680. The molecule has 1 aromatic rings. The minimum absolute atomic E-state index is 0.680. The Labute approximate surface area is 117 Å². The number of benzene rings is 1. The van der Waals surface area contributed by atoms with Crippen LogP contribution in [-0.2, 0) is 6.42 Å². The molecule has 1 heterocycles. The lowest BCUT2D eigenvalue weighted by Gasteiger charge is -2.18. The summed E-state index contributed by atoms with van der Waals surface area (Å²) < 4.78 is 12.3. The van der Waals surface area contributed by atoms with Crippen LogP contribution in [0, 0.1) is 0 Å². The van der Waals surface area contributed by atoms with Crippen molar-refractivity contribution in [3.63, 3.8) is 0 Å². The van der Waals surface area contributed by atoms with Crippen LogP contribution in [0.4, 0.5) is 0 Å². The van der Waals surface area contributed by atoms with Gasteiger partial charge in [0.05, 0.1) is 19.9 Å². The van der Waals surface area contributed by atoms with E-state index in [1.807, 2.05) is 12.1 Å². The minimum Gasteiger partial charge on any atom is -0.493 e. The van der Waals surface area contributed by atoms with E-state index >= 15 is 0 Å². The van der Waals surface area contributed by atoms with E-state index in [1.54, 1.807) is 18.6 Å². The Hall–Kier alpha value is -1.06. The average molecular weight is 288 g/mol. The Morgan fingerprint density at radius 1 is 1.22 bits per heavy atom. The summed E-state index contributed by atoms with van der Waals surface area (Å²) in [5, 5.41) is 0. The van der Waals surface area contributed by atoms with Gasteiger partial charge in [0.2, 0.25) is 0 Å². The van der Waals surface area contributed by atoms with Gasteiger partial charge in [-0.25, -0.2) is 0 Å². The first kappa shape index (κ1) is 13.4. The van der Waals surface area contributed by atoms with E-state index in [0.717, 1.165) is 36.4 Å². The Balaban J connectivity index is 2.58. The Morgan fingerprint density at radius 3 is 2.50 bits per heavy atom. The van der Waals surface area contributed by atoms with Crippen molar-refractivity contribution in [1.29, 1.82) is 0 Å². The second-order valence-electron chi connectivity index (χ2n) is 4.05. The molecule has 0 aromatic heterocycles. The largest absolute Gasteiger partial charge is 0.493 e. The molecule has 0 amide bonds. The monoisotopic (exact) mass is 287 g/mol. The molecular formula is C13H15Cl2NO2. The fourth-order valence-electron chi connectivity index (χ4n) is 2.14. The molecule has 0 aliphatic carbocycles. The van der Waals surface area contributed by atoms with Crippen molar-refractivity contribution in [1.82, 2.24) is 4.42 Å². The molecule has 0 radical (unpaired) electrons. The number of halogens is 2. The molecule has 0 saturated carbocycles. The van der Waals surface area contributed by atoms with Crippen molar-refractivity contribution in [2.75, 3.05) is 20.8 Å². The molecule has 1 aliphatic rings. The fraction of sp³-hybridized carbons (Fsp3) is 0.385. The molecule has 0 atom stereocenters. The van der Waals surface area contributed by atoms with Gasteiger partial charge in [0.1, 0.15) is 0 Å². The van der Waals surface area contributed by atoms with E-state index in [4.69, 9.17) is 32.9 Å². The molecular weight excluding hydrogens is 273 g/mol. The summed E-state index contributed by atoms with van der Waals surface area (Å²) in [7, 11) is 3.25. The highest BCUT2D eigenvalue weighted by Crippen LogP contribution is 2.37. The number of aryl methyl sites for hydroxylation is 1. The topological polar surface area (TPSA) is 21.7 Å². The van der Waals surface area contributed by atoms with Crippen molar-refractivity contribution in [3.8, 4) is 11.5 Å². The quantitative estimate of drug-likeness (QED) is 0.775. The van der Waals surface area contributed by atoms with Gasteiger partial charge in [-0.2, -0.15) is 0 Å². The van der Waals surface area contributed by atoms with Crippen LogP contribution in [0.15, 0.2) is 17.7 Å². The van der Waals surface area contributed by atoms with Crippen LogP contribution >= 0.6 is 23.4 Å². The molecule has 0 N–H and O–H groups in total. The smallest absolute Gasteiger partial charge is 0.161 e. The van der Waals surface area contributed by atoms with E-state index in [9.17, 15) is 0 Å². The Morgan fingerprint density at radius 2 is 1.89 bits per heavy atom. The molecule has 0 bridgehead atoms. The molecule has 0 spiro atoms. The zero-order valence-corrected chi connectivity index (χ0v) is 11.9. The van der Waals surface area contributed by atoms with Crippen LogP contribution in [0.5, 0.6) is 11.5 Å². The van der Waals surface area contributed by atoms with E-state index in [1.165, 1.54) is 11.1 Å². The number of hydrogen-bond acceptors (Lipinski definition) is 3. The summed E-state index contributed by atoms with van der Waals surface area (Å²) in [5.41, 5.74) is 4.47. The molecule has 1 aromatic carbocycles. The van der Waals surface area contributed by atoms with Crippen molar-refractivity contribution in [3.05, 3.63) is 28.8 Å². The maximum atomic E-state index is 6.19. The Bertz CT molecular complexity index is 474. The third kappa shape index (κ3) is 2.38. The number of nitrogens with zero attached hydrogens (tertiary/aromatic N) is 1. The van der Waals surface area contributed by atoms with Crippen molar-refractivity contribution >= 4 is 29.1 Å². The number of rotatable bonds is 2. The Kier molecular flexibility index (Phi) is 4.25. The molecule has 5 heteroatoms. The normalized spacial score (nSPS) is 17.3. The van der Waals surface area contributed by atoms with E-state index in [2.05, 4.69) is 0 Å². The first-order valence-electron chi connectivity index (χ1n) is 5.70. The third-order valence-electron chi connectivity index (χ3n) is 3.05. The third-order valence-corrected chi connectivity index (χ3v) is 3.61. The molecule has 0 unspecified atom stereocenters. The maximum Gasteiger partial charge on any atom is 0.161 e. The molecule has 18 heavy (non-hydrogen) atoms. The molecule has 98 valence electrons. The predicted octanol–water partition coefficient (Wildman–Crippen LogP) is 3.64. The summed E-state index contributed by atoms with van der Waals surface area (Å²) in [4.78, 5) is 0. The number of hydrogen-bond donors (Lipinski definition) is 0. The molecule has 1 aliphatic heterocycles. The molecule has 0 fully saturated rings. The number of ether oxygens (including phenoxy) is 2. The van der Waals surface area contributed by atoms with Gasteiger partial charge >= 0.3 is 0 Å². The highest BCUT2D eigenvalue weighted by molar-refractivity contribution is 6.29. The van der Waals surface area contributed by atoms with Crippen LogP contribution in [-0.4, -0.2) is 25.2 Å². The van der Waals surface area contributed by atoms with Crippen molar-refractivity contribution in [2.24, 2.45) is 0 Å². The standard InChI is InChI=1S/C13H15Cl2NO2/c1-17-12-6-9-4-3-5-16(15)11(8-14)10(9)7-13(12)18-2/h6-8H,3-5H2,1-2H3/b11-8-. The van der Waals surface area contributed by atoms with Gasteiger partial charge in [-0.3, -0.25) is 4.42 Å². The predicted molar refractivity (Wildman–Crippen MR) is 74.3 cm³/mol. The first-order chi connectivity index (χ1) is 8.71. The maximum absolute atomic E-state index is 6.19. The number of methoxy groups -OCH3 is 2. The highest BCUT2D eigenvalue weighted by atomic mass is 35.5. The van der Waals surface area contributed by atoms with Gasteiger partial charge in [0.25, 0.3) is 0 Å². The van der Waals surface area contributed by atoms with E-state index in [0.29, 0.717) is 5.75 Å². The van der Waals surface area contributed by atoms with Crippen LogP contribution < -0.4 is 9.47 Å². The summed E-state index contributed by atoms with van der Waals surface area (Å²) in [6.45, 7) is 0.763. The van der Waals surface area contributed by atoms with Gasteiger partial charge in [-0.1, -0.05) is 11.6 Å². The SMILES string of the molecule is COc1cc2c(cc1OC)/C(=C/Cl)N(Cl)CCC2. The van der Waals surface area contributed by atoms with Crippen molar-refractivity contribution < 1.29 is 9.47 Å². The van der Waals surface area contributed by atoms with Crippen LogP contribution in [0.1, 0.15) is 17.5 Å². The van der Waals surface area contributed by atoms with Crippen LogP contribution in [0.25, 0.3) is 5.70 Å². The highest BCUT2D eigenvalue weighted by Gasteiger charge is 2.20. The molecule has 0 saturated heterocycles. The lowest BCUT2D eigenvalue weighted by molar-refractivity contribution is 0.354. The zero-order chi connectivity index (χ0) is 13.1. The van der Waals surface area contributed by atoms with Crippen molar-refractivity contribution in [2.45, 2.75) is 12.8 Å². The second kappa shape index (κ2) is 5.72. The fourth-order valence-corrected chi connectivity index (χ4v) is 2.68. The lowest BCUT2D eigenvalue weighted by Crippen LogP contribution is -2.09. The van der Waals surface area contributed by atoms with Gasteiger partial charge in [0.15, 0.2) is 11.5 Å². The zero-order valence-electron chi connectivity index (χ0n) is 10.4.